The first kappa shape index (κ1) is 15.3. The van der Waals surface area contributed by atoms with E-state index in [1.807, 2.05) is 13.0 Å². The molecule has 1 saturated carbocycles. The Balaban J connectivity index is 1.72. The van der Waals surface area contributed by atoms with Gasteiger partial charge >= 0.3 is 0 Å². The molecule has 6 heteroatoms. The average molecular weight is 380 g/mol. The lowest BCUT2D eigenvalue weighted by atomic mass is 9.92. The van der Waals surface area contributed by atoms with Crippen LogP contribution in [0.5, 0.6) is 0 Å². The molecule has 1 aliphatic carbocycles. The van der Waals surface area contributed by atoms with Crippen molar-refractivity contribution in [3.8, 4) is 0 Å². The molecule has 0 unspecified atom stereocenters. The van der Waals surface area contributed by atoms with E-state index in [-0.39, 0.29) is 11.4 Å². The molecule has 0 amide bonds. The monoisotopic (exact) mass is 379 g/mol. The molecule has 0 bridgehead atoms. The van der Waals surface area contributed by atoms with Gasteiger partial charge in [-0.05, 0) is 37.5 Å². The molecule has 122 valence electrons. The van der Waals surface area contributed by atoms with E-state index in [1.165, 1.54) is 12.8 Å². The second-order valence-corrected chi connectivity index (χ2v) is 7.68. The normalized spacial score (nSPS) is 21.7. The van der Waals surface area contributed by atoms with Gasteiger partial charge in [0.25, 0.3) is 5.56 Å². The van der Waals surface area contributed by atoms with Crippen molar-refractivity contribution in [3.05, 3.63) is 38.3 Å². The fraction of sp³-hybridized carbons (Fsp3) is 0.529. The van der Waals surface area contributed by atoms with E-state index in [1.54, 1.807) is 6.07 Å². The quantitative estimate of drug-likeness (QED) is 0.869. The summed E-state index contributed by atoms with van der Waals surface area (Å²) in [4.78, 5) is 21.9. The average Bonchev–Trinajstić information content (AvgIpc) is 3.33. The first-order chi connectivity index (χ1) is 11.0. The Morgan fingerprint density at radius 2 is 2.04 bits per heavy atom. The lowest BCUT2D eigenvalue weighted by molar-refractivity contribution is 0.0451. The molecule has 2 aromatic rings. The van der Waals surface area contributed by atoms with Crippen molar-refractivity contribution in [2.45, 2.75) is 44.3 Å². The van der Waals surface area contributed by atoms with Crippen molar-refractivity contribution in [3.63, 3.8) is 0 Å². The third-order valence-electron chi connectivity index (χ3n) is 5.04. The van der Waals surface area contributed by atoms with Crippen LogP contribution in [-0.2, 0) is 5.67 Å². The number of H-pyrrole nitrogens is 1. The molecule has 0 spiro atoms. The van der Waals surface area contributed by atoms with E-state index in [4.69, 9.17) is 0 Å². The highest BCUT2D eigenvalue weighted by Crippen LogP contribution is 2.39. The summed E-state index contributed by atoms with van der Waals surface area (Å²) in [6, 6.07) is 4.29. The van der Waals surface area contributed by atoms with Crippen LogP contribution in [0, 0.1) is 6.92 Å². The molecule has 4 nitrogen and oxygen atoms in total. The smallest absolute Gasteiger partial charge is 0.258 e. The molecule has 2 fully saturated rings. The Labute approximate surface area is 142 Å². The van der Waals surface area contributed by atoms with Crippen LogP contribution in [0.25, 0.3) is 10.9 Å². The Kier molecular flexibility index (Phi) is 3.57. The predicted octanol–water partition coefficient (Wildman–Crippen LogP) is 3.42. The number of benzene rings is 1. The van der Waals surface area contributed by atoms with Crippen LogP contribution in [0.15, 0.2) is 21.4 Å². The number of aryl methyl sites for hydroxylation is 1. The lowest BCUT2D eigenvalue weighted by Gasteiger charge is -2.35. The summed E-state index contributed by atoms with van der Waals surface area (Å²) < 4.78 is 16.2. The highest BCUT2D eigenvalue weighted by molar-refractivity contribution is 9.10. The van der Waals surface area contributed by atoms with Crippen LogP contribution in [0.3, 0.4) is 0 Å². The number of aromatic amines is 1. The van der Waals surface area contributed by atoms with Crippen LogP contribution in [0.1, 0.15) is 37.1 Å². The minimum absolute atomic E-state index is 0.191. The number of piperidine rings is 1. The maximum Gasteiger partial charge on any atom is 0.258 e. The summed E-state index contributed by atoms with van der Waals surface area (Å²) in [5.41, 5.74) is -0.330. The zero-order valence-electron chi connectivity index (χ0n) is 13.0. The molecular weight excluding hydrogens is 361 g/mol. The van der Waals surface area contributed by atoms with Gasteiger partial charge in [0.1, 0.15) is 5.82 Å². The number of likely N-dealkylation sites (tertiary alicyclic amines) is 1. The molecule has 2 heterocycles. The molecule has 0 radical (unpaired) electrons. The van der Waals surface area contributed by atoms with Gasteiger partial charge in [0.2, 0.25) is 0 Å². The van der Waals surface area contributed by atoms with Crippen LogP contribution in [0.2, 0.25) is 0 Å². The van der Waals surface area contributed by atoms with Crippen molar-refractivity contribution in [2.24, 2.45) is 0 Å². The number of alkyl halides is 1. The molecule has 1 N–H and O–H groups in total. The van der Waals surface area contributed by atoms with Crippen LogP contribution in [-0.4, -0.2) is 34.0 Å². The van der Waals surface area contributed by atoms with Gasteiger partial charge < -0.3 is 9.88 Å². The number of aromatic nitrogens is 2. The first-order valence-corrected chi connectivity index (χ1v) is 8.89. The van der Waals surface area contributed by atoms with Crippen molar-refractivity contribution >= 4 is 26.8 Å². The molecule has 1 aromatic heterocycles. The molecule has 2 aliphatic rings. The summed E-state index contributed by atoms with van der Waals surface area (Å²) in [6.07, 6.45) is 3.26. The highest BCUT2D eigenvalue weighted by Gasteiger charge is 2.42. The fourth-order valence-corrected chi connectivity index (χ4v) is 4.08. The number of nitrogens with one attached hydrogen (secondary N) is 1. The summed E-state index contributed by atoms with van der Waals surface area (Å²) in [5.74, 6) is 0.191. The standard InChI is InChI=1S/C17H19BrFN3O/c1-10-8-11(18)9-13-14(10)20-16(21-15(13)23)17(19)4-6-22(7-5-17)12-2-3-12/h8-9,12H,2-7H2,1H3,(H,20,21,23). The fourth-order valence-electron chi connectivity index (χ4n) is 3.50. The maximum absolute atomic E-state index is 15.4. The van der Waals surface area contributed by atoms with Gasteiger partial charge in [-0.1, -0.05) is 15.9 Å². The Hall–Kier alpha value is -1.27. The van der Waals surface area contributed by atoms with Crippen molar-refractivity contribution < 1.29 is 4.39 Å². The van der Waals surface area contributed by atoms with Gasteiger partial charge in [-0.25, -0.2) is 9.37 Å². The maximum atomic E-state index is 15.4. The van der Waals surface area contributed by atoms with Crippen molar-refractivity contribution in [1.29, 1.82) is 0 Å². The van der Waals surface area contributed by atoms with Crippen molar-refractivity contribution in [2.75, 3.05) is 13.1 Å². The minimum Gasteiger partial charge on any atom is -0.307 e. The van der Waals surface area contributed by atoms with E-state index < -0.39 is 5.67 Å². The molecule has 1 saturated heterocycles. The van der Waals surface area contributed by atoms with Crippen LogP contribution < -0.4 is 5.56 Å². The third-order valence-corrected chi connectivity index (χ3v) is 5.50. The van der Waals surface area contributed by atoms with E-state index in [2.05, 4.69) is 30.8 Å². The molecule has 23 heavy (non-hydrogen) atoms. The van der Waals surface area contributed by atoms with E-state index >= 15 is 4.39 Å². The highest BCUT2D eigenvalue weighted by atomic mass is 79.9. The van der Waals surface area contributed by atoms with Crippen LogP contribution in [0.4, 0.5) is 4.39 Å². The second kappa shape index (κ2) is 5.38. The molecular formula is C17H19BrFN3O. The Morgan fingerprint density at radius 3 is 2.70 bits per heavy atom. The summed E-state index contributed by atoms with van der Waals surface area (Å²) in [7, 11) is 0. The summed E-state index contributed by atoms with van der Waals surface area (Å²) >= 11 is 3.39. The SMILES string of the molecule is Cc1cc(Br)cc2c(=O)[nH]c(C3(F)CCN(C4CC4)CC3)nc12. The number of hydrogen-bond donors (Lipinski definition) is 1. The van der Waals surface area contributed by atoms with Gasteiger partial charge in [-0.15, -0.1) is 0 Å². The third kappa shape index (κ3) is 2.72. The Morgan fingerprint density at radius 1 is 1.35 bits per heavy atom. The largest absolute Gasteiger partial charge is 0.307 e. The van der Waals surface area contributed by atoms with Crippen molar-refractivity contribution in [1.82, 2.24) is 14.9 Å². The Bertz CT molecular complexity index is 822. The first-order valence-electron chi connectivity index (χ1n) is 8.10. The predicted molar refractivity (Wildman–Crippen MR) is 91.4 cm³/mol. The van der Waals surface area contributed by atoms with Crippen LogP contribution >= 0.6 is 15.9 Å². The van der Waals surface area contributed by atoms with Gasteiger partial charge in [-0.3, -0.25) is 4.79 Å². The van der Waals surface area contributed by atoms with Gasteiger partial charge in [0.05, 0.1) is 10.9 Å². The van der Waals surface area contributed by atoms with E-state index in [0.29, 0.717) is 29.8 Å². The topological polar surface area (TPSA) is 49.0 Å². The lowest BCUT2D eigenvalue weighted by Crippen LogP contribution is -2.42. The molecule has 0 atom stereocenters. The number of fused-ring (bicyclic) bond motifs is 1. The summed E-state index contributed by atoms with van der Waals surface area (Å²) in [5, 5.41) is 0.500. The second-order valence-electron chi connectivity index (χ2n) is 6.77. The van der Waals surface area contributed by atoms with E-state index in [9.17, 15) is 4.79 Å². The zero-order chi connectivity index (χ0) is 16.2. The number of nitrogens with zero attached hydrogens (tertiary/aromatic N) is 2. The number of hydrogen-bond acceptors (Lipinski definition) is 3. The van der Waals surface area contributed by atoms with Gasteiger partial charge in [-0.2, -0.15) is 0 Å². The molecule has 1 aromatic carbocycles. The minimum atomic E-state index is -1.53. The molecule has 4 rings (SSSR count). The number of rotatable bonds is 2. The summed E-state index contributed by atoms with van der Waals surface area (Å²) in [6.45, 7) is 3.37. The molecule has 1 aliphatic heterocycles. The van der Waals surface area contributed by atoms with Gasteiger partial charge in [0, 0.05) is 36.4 Å². The van der Waals surface area contributed by atoms with Gasteiger partial charge in [0.15, 0.2) is 5.67 Å². The zero-order valence-corrected chi connectivity index (χ0v) is 14.6. The number of halogens is 2. The van der Waals surface area contributed by atoms with E-state index in [0.717, 1.165) is 23.1 Å².